The van der Waals surface area contributed by atoms with Gasteiger partial charge in [0.2, 0.25) is 5.91 Å². The third-order valence-electron chi connectivity index (χ3n) is 4.16. The van der Waals surface area contributed by atoms with Gasteiger partial charge in [0.05, 0.1) is 10.6 Å². The molecule has 2 aromatic rings. The molecule has 0 saturated heterocycles. The van der Waals surface area contributed by atoms with Gasteiger partial charge in [-0.1, -0.05) is 42.5 Å². The summed E-state index contributed by atoms with van der Waals surface area (Å²) in [5.41, 5.74) is 4.88. The van der Waals surface area contributed by atoms with E-state index in [0.717, 1.165) is 12.0 Å². The summed E-state index contributed by atoms with van der Waals surface area (Å²) in [5, 5.41) is 14.9. The second-order valence-electron chi connectivity index (χ2n) is 5.84. The highest BCUT2D eigenvalue weighted by Gasteiger charge is 2.43. The maximum absolute atomic E-state index is 12.2. The average molecular weight is 323 g/mol. The van der Waals surface area contributed by atoms with Crippen molar-refractivity contribution in [3.8, 4) is 0 Å². The Balaban J connectivity index is 1.62. The van der Waals surface area contributed by atoms with Crippen molar-refractivity contribution in [3.05, 3.63) is 75.8 Å². The molecule has 1 aliphatic carbocycles. The third-order valence-corrected chi connectivity index (χ3v) is 4.16. The van der Waals surface area contributed by atoms with E-state index >= 15 is 0 Å². The molecule has 1 aliphatic rings. The first-order chi connectivity index (χ1) is 11.6. The Hall–Kier alpha value is -3.02. The van der Waals surface area contributed by atoms with Crippen LogP contribution in [0.2, 0.25) is 0 Å². The van der Waals surface area contributed by atoms with E-state index in [1.165, 1.54) is 12.1 Å². The number of carbonyl (C=O) groups excluding carboxylic acids is 1. The Labute approximate surface area is 139 Å². The second-order valence-corrected chi connectivity index (χ2v) is 5.84. The Morgan fingerprint density at radius 2 is 1.96 bits per heavy atom. The van der Waals surface area contributed by atoms with Gasteiger partial charge in [-0.05, 0) is 24.8 Å². The zero-order chi connectivity index (χ0) is 17.1. The van der Waals surface area contributed by atoms with Crippen molar-refractivity contribution in [1.82, 2.24) is 5.43 Å². The Morgan fingerprint density at radius 1 is 1.21 bits per heavy atom. The number of nitrogens with one attached hydrogen (secondary N) is 1. The number of nitro benzene ring substituents is 1. The van der Waals surface area contributed by atoms with Gasteiger partial charge in [-0.2, -0.15) is 5.10 Å². The van der Waals surface area contributed by atoms with Crippen LogP contribution >= 0.6 is 0 Å². The second kappa shape index (κ2) is 6.62. The fourth-order valence-corrected chi connectivity index (χ4v) is 2.68. The average Bonchev–Trinajstić information content (AvgIpc) is 3.41. The molecule has 0 bridgehead atoms. The van der Waals surface area contributed by atoms with Gasteiger partial charge in [0.25, 0.3) is 5.69 Å². The smallest absolute Gasteiger partial charge is 0.270 e. The largest absolute Gasteiger partial charge is 0.273 e. The molecule has 2 atom stereocenters. The zero-order valence-electron chi connectivity index (χ0n) is 13.2. The summed E-state index contributed by atoms with van der Waals surface area (Å²) >= 11 is 0. The zero-order valence-corrected chi connectivity index (χ0v) is 13.2. The van der Waals surface area contributed by atoms with Crippen LogP contribution in [0.3, 0.4) is 0 Å². The monoisotopic (exact) mass is 323 g/mol. The van der Waals surface area contributed by atoms with Crippen LogP contribution in [0.5, 0.6) is 0 Å². The quantitative estimate of drug-likeness (QED) is 0.521. The van der Waals surface area contributed by atoms with Gasteiger partial charge in [0.1, 0.15) is 0 Å². The summed E-state index contributed by atoms with van der Waals surface area (Å²) < 4.78 is 0. The van der Waals surface area contributed by atoms with E-state index in [-0.39, 0.29) is 23.4 Å². The van der Waals surface area contributed by atoms with E-state index in [1.807, 2.05) is 30.3 Å². The first kappa shape index (κ1) is 15.9. The molecule has 6 nitrogen and oxygen atoms in total. The number of nitrogens with zero attached hydrogens (tertiary/aromatic N) is 2. The molecule has 1 N–H and O–H groups in total. The van der Waals surface area contributed by atoms with E-state index in [1.54, 1.807) is 19.1 Å². The van der Waals surface area contributed by atoms with Gasteiger partial charge in [-0.25, -0.2) is 5.43 Å². The van der Waals surface area contributed by atoms with Crippen LogP contribution in [-0.2, 0) is 4.79 Å². The van der Waals surface area contributed by atoms with Crippen LogP contribution in [-0.4, -0.2) is 16.5 Å². The molecule has 0 aliphatic heterocycles. The lowest BCUT2D eigenvalue weighted by Gasteiger charge is -2.03. The van der Waals surface area contributed by atoms with E-state index in [0.29, 0.717) is 11.3 Å². The fraction of sp³-hybridized carbons (Fsp3) is 0.222. The SMILES string of the molecule is C/C(=N/NC(=O)[C@@H]1C[C@H]1c1ccccc1)c1cccc([N+](=O)[O-])c1. The minimum atomic E-state index is -0.454. The number of carbonyl (C=O) groups is 1. The van der Waals surface area contributed by atoms with Gasteiger partial charge in [0, 0.05) is 23.6 Å². The highest BCUT2D eigenvalue weighted by Crippen LogP contribution is 2.47. The number of hydrogen-bond acceptors (Lipinski definition) is 4. The molecule has 122 valence electrons. The standard InChI is InChI=1S/C18H17N3O3/c1-12(14-8-5-9-15(10-14)21(23)24)19-20-18(22)17-11-16(17)13-6-3-2-4-7-13/h2-10,16-17H,11H2,1H3,(H,20,22)/b19-12-/t16-,17+/m0/s1. The van der Waals surface area contributed by atoms with Crippen molar-refractivity contribution < 1.29 is 9.72 Å². The fourth-order valence-electron chi connectivity index (χ4n) is 2.68. The summed E-state index contributed by atoms with van der Waals surface area (Å²) in [4.78, 5) is 22.5. The van der Waals surface area contributed by atoms with Gasteiger partial charge >= 0.3 is 0 Å². The third kappa shape index (κ3) is 3.48. The van der Waals surface area contributed by atoms with Crippen LogP contribution in [0, 0.1) is 16.0 Å². The highest BCUT2D eigenvalue weighted by atomic mass is 16.6. The predicted octanol–water partition coefficient (Wildman–Crippen LogP) is 3.24. The topological polar surface area (TPSA) is 84.6 Å². The van der Waals surface area contributed by atoms with Gasteiger partial charge in [0.15, 0.2) is 0 Å². The lowest BCUT2D eigenvalue weighted by molar-refractivity contribution is -0.384. The van der Waals surface area contributed by atoms with Crippen LogP contribution < -0.4 is 5.43 Å². The van der Waals surface area contributed by atoms with Crippen LogP contribution in [0.25, 0.3) is 0 Å². The van der Waals surface area contributed by atoms with Crippen molar-refractivity contribution in [2.24, 2.45) is 11.0 Å². The van der Waals surface area contributed by atoms with Crippen molar-refractivity contribution in [1.29, 1.82) is 0 Å². The lowest BCUT2D eigenvalue weighted by Crippen LogP contribution is -2.21. The molecule has 24 heavy (non-hydrogen) atoms. The number of non-ortho nitro benzene ring substituents is 1. The minimum Gasteiger partial charge on any atom is -0.273 e. The number of amides is 1. The van der Waals surface area contributed by atoms with Crippen molar-refractivity contribution in [3.63, 3.8) is 0 Å². The normalized spacial score (nSPS) is 19.6. The number of hydrogen-bond donors (Lipinski definition) is 1. The number of hydrazone groups is 1. The van der Waals surface area contributed by atoms with Crippen LogP contribution in [0.15, 0.2) is 59.7 Å². The lowest BCUT2D eigenvalue weighted by atomic mass is 10.1. The summed E-state index contributed by atoms with van der Waals surface area (Å²) in [6.07, 6.45) is 0.821. The molecule has 6 heteroatoms. The van der Waals surface area contributed by atoms with Gasteiger partial charge in [-0.15, -0.1) is 0 Å². The molecule has 3 rings (SSSR count). The Kier molecular flexibility index (Phi) is 4.37. The number of rotatable bonds is 5. The van der Waals surface area contributed by atoms with Crippen molar-refractivity contribution in [2.75, 3.05) is 0 Å². The number of benzene rings is 2. The molecule has 0 spiro atoms. The Bertz CT molecular complexity index is 802. The summed E-state index contributed by atoms with van der Waals surface area (Å²) in [6, 6.07) is 16.1. The van der Waals surface area contributed by atoms with Crippen molar-refractivity contribution >= 4 is 17.3 Å². The summed E-state index contributed by atoms with van der Waals surface area (Å²) in [6.45, 7) is 1.71. The molecule has 1 fully saturated rings. The predicted molar refractivity (Wildman–Crippen MR) is 90.7 cm³/mol. The molecular weight excluding hydrogens is 306 g/mol. The molecular formula is C18H17N3O3. The molecule has 0 radical (unpaired) electrons. The van der Waals surface area contributed by atoms with E-state index in [2.05, 4.69) is 10.5 Å². The maximum atomic E-state index is 12.2. The first-order valence-electron chi connectivity index (χ1n) is 7.70. The molecule has 0 aromatic heterocycles. The van der Waals surface area contributed by atoms with Crippen LogP contribution in [0.4, 0.5) is 5.69 Å². The number of nitro groups is 1. The van der Waals surface area contributed by atoms with Gasteiger partial charge in [-0.3, -0.25) is 14.9 Å². The highest BCUT2D eigenvalue weighted by molar-refractivity contribution is 5.99. The molecule has 1 amide bonds. The minimum absolute atomic E-state index is 0.000268. The first-order valence-corrected chi connectivity index (χ1v) is 7.70. The van der Waals surface area contributed by atoms with E-state index in [9.17, 15) is 14.9 Å². The molecule has 1 saturated carbocycles. The van der Waals surface area contributed by atoms with Crippen molar-refractivity contribution in [2.45, 2.75) is 19.3 Å². The van der Waals surface area contributed by atoms with E-state index in [4.69, 9.17) is 0 Å². The summed E-state index contributed by atoms with van der Waals surface area (Å²) in [7, 11) is 0. The van der Waals surface area contributed by atoms with Crippen LogP contribution in [0.1, 0.15) is 30.4 Å². The summed E-state index contributed by atoms with van der Waals surface area (Å²) in [5.74, 6) is 0.0715. The van der Waals surface area contributed by atoms with Gasteiger partial charge < -0.3 is 0 Å². The molecule has 0 heterocycles. The molecule has 0 unspecified atom stereocenters. The Morgan fingerprint density at radius 3 is 2.67 bits per heavy atom. The van der Waals surface area contributed by atoms with E-state index < -0.39 is 4.92 Å². The molecule has 2 aromatic carbocycles. The maximum Gasteiger partial charge on any atom is 0.270 e.